The van der Waals surface area contributed by atoms with Crippen molar-refractivity contribution in [3.8, 4) is 5.69 Å². The van der Waals surface area contributed by atoms with E-state index in [0.717, 1.165) is 34.5 Å². The highest BCUT2D eigenvalue weighted by Gasteiger charge is 2.50. The Morgan fingerprint density at radius 1 is 1.16 bits per heavy atom. The lowest BCUT2D eigenvalue weighted by Crippen LogP contribution is -2.54. The number of halogens is 1. The lowest BCUT2D eigenvalue weighted by Gasteiger charge is -2.45. The first kappa shape index (κ1) is 24.9. The van der Waals surface area contributed by atoms with Crippen molar-refractivity contribution in [2.45, 2.75) is 52.6 Å². The van der Waals surface area contributed by atoms with Gasteiger partial charge in [0.25, 0.3) is 0 Å². The maximum absolute atomic E-state index is 14.3. The van der Waals surface area contributed by atoms with Gasteiger partial charge >= 0.3 is 6.09 Å². The molecular weight excluding hydrogens is 471 g/mol. The number of hydrogen-bond donors (Lipinski definition) is 0. The summed E-state index contributed by atoms with van der Waals surface area (Å²) in [7, 11) is 0. The van der Waals surface area contributed by atoms with E-state index in [1.807, 2.05) is 45.9 Å². The van der Waals surface area contributed by atoms with E-state index >= 15 is 0 Å². The molecule has 0 unspecified atom stereocenters. The van der Waals surface area contributed by atoms with Crippen molar-refractivity contribution in [1.29, 1.82) is 0 Å². The highest BCUT2D eigenvalue weighted by Crippen LogP contribution is 2.46. The van der Waals surface area contributed by atoms with E-state index in [1.54, 1.807) is 34.1 Å². The smallest absolute Gasteiger partial charge is 0.410 e. The first-order chi connectivity index (χ1) is 17.6. The predicted molar refractivity (Wildman–Crippen MR) is 138 cm³/mol. The van der Waals surface area contributed by atoms with Crippen LogP contribution in [0.25, 0.3) is 11.8 Å². The number of likely N-dealkylation sites (tertiary alicyclic amines) is 1. The molecule has 5 rings (SSSR count). The van der Waals surface area contributed by atoms with Gasteiger partial charge < -0.3 is 9.64 Å². The van der Waals surface area contributed by atoms with Gasteiger partial charge in [-0.15, -0.1) is 0 Å². The molecule has 7 nitrogen and oxygen atoms in total. The van der Waals surface area contributed by atoms with Crippen molar-refractivity contribution in [1.82, 2.24) is 19.7 Å². The molecular formula is C29H31FN4O3. The molecule has 37 heavy (non-hydrogen) atoms. The van der Waals surface area contributed by atoms with Gasteiger partial charge in [0.2, 0.25) is 0 Å². The highest BCUT2D eigenvalue weighted by atomic mass is 19.1. The molecule has 3 aromatic rings. The van der Waals surface area contributed by atoms with Gasteiger partial charge in [0.05, 0.1) is 23.0 Å². The number of hydrogen-bond acceptors (Lipinski definition) is 5. The standard InChI is InChI=1S/C29H31FN4O3/c1-5-19-10-12-31-24(14-19)26(35)29-16-20-17-32-34(23-8-6-22(30)7-9-23)25(20)15-21(29)11-13-33(18-29)27(36)37-28(2,3)4/h6-10,12,14-15,17H,5,11,13,16,18H2,1-4H3/t29-/m0/s1. The Kier molecular flexibility index (Phi) is 6.22. The molecule has 1 fully saturated rings. The summed E-state index contributed by atoms with van der Waals surface area (Å²) in [5.74, 6) is -0.424. The van der Waals surface area contributed by atoms with E-state index < -0.39 is 17.1 Å². The van der Waals surface area contributed by atoms with Gasteiger partial charge in [-0.1, -0.05) is 12.5 Å². The van der Waals surface area contributed by atoms with Crippen LogP contribution in [0.3, 0.4) is 0 Å². The van der Waals surface area contributed by atoms with Crippen LogP contribution in [0.5, 0.6) is 0 Å². The molecule has 0 radical (unpaired) electrons. The van der Waals surface area contributed by atoms with Crippen LogP contribution in [0.4, 0.5) is 9.18 Å². The summed E-state index contributed by atoms with van der Waals surface area (Å²) in [5.41, 5.74) is 3.24. The zero-order chi connectivity index (χ0) is 26.4. The number of aromatic nitrogens is 3. The maximum Gasteiger partial charge on any atom is 0.410 e. The minimum Gasteiger partial charge on any atom is -0.444 e. The molecule has 1 atom stereocenters. The van der Waals surface area contributed by atoms with Gasteiger partial charge in [-0.3, -0.25) is 9.78 Å². The SMILES string of the molecule is CCc1ccnc(C(=O)[C@]23Cc4cnn(-c5ccc(F)cc5)c4C=C2CCN(C(=O)OC(C)(C)C)C3)c1. The summed E-state index contributed by atoms with van der Waals surface area (Å²) >= 11 is 0. The summed E-state index contributed by atoms with van der Waals surface area (Å²) < 4.78 is 20.9. The minimum absolute atomic E-state index is 0.109. The molecule has 1 aliphatic heterocycles. The monoisotopic (exact) mass is 502 g/mol. The molecule has 0 saturated carbocycles. The highest BCUT2D eigenvalue weighted by molar-refractivity contribution is 6.03. The van der Waals surface area contributed by atoms with Crippen LogP contribution in [0, 0.1) is 11.2 Å². The fraction of sp³-hybridized carbons (Fsp3) is 0.379. The van der Waals surface area contributed by atoms with Crippen molar-refractivity contribution < 1.29 is 18.7 Å². The Morgan fingerprint density at radius 3 is 2.62 bits per heavy atom. The summed E-state index contributed by atoms with van der Waals surface area (Å²) in [5, 5.41) is 4.57. The first-order valence-corrected chi connectivity index (χ1v) is 12.6. The number of ether oxygens (including phenoxy) is 1. The average molecular weight is 503 g/mol. The second kappa shape index (κ2) is 9.25. The lowest BCUT2D eigenvalue weighted by molar-refractivity contribution is 0.0138. The van der Waals surface area contributed by atoms with Crippen molar-refractivity contribution in [2.75, 3.05) is 13.1 Å². The summed E-state index contributed by atoms with van der Waals surface area (Å²) in [6, 6.07) is 9.92. The van der Waals surface area contributed by atoms with Gasteiger partial charge in [-0.2, -0.15) is 5.10 Å². The van der Waals surface area contributed by atoms with Gasteiger partial charge in [0.15, 0.2) is 5.78 Å². The number of Topliss-reactive ketones (excluding diaryl/α,β-unsaturated/α-hetero) is 1. The molecule has 1 aromatic carbocycles. The van der Waals surface area contributed by atoms with Gasteiger partial charge in [0.1, 0.15) is 17.1 Å². The summed E-state index contributed by atoms with van der Waals surface area (Å²) in [6.45, 7) is 8.17. The first-order valence-electron chi connectivity index (χ1n) is 12.6. The number of pyridine rings is 1. The van der Waals surface area contributed by atoms with Crippen molar-refractivity contribution in [2.24, 2.45) is 5.41 Å². The third-order valence-corrected chi connectivity index (χ3v) is 7.04. The Bertz CT molecular complexity index is 1390. The molecule has 2 aliphatic rings. The quantitative estimate of drug-likeness (QED) is 0.446. The van der Waals surface area contributed by atoms with E-state index in [9.17, 15) is 14.0 Å². The Labute approximate surface area is 216 Å². The van der Waals surface area contributed by atoms with Crippen LogP contribution in [-0.4, -0.2) is 50.2 Å². The summed E-state index contributed by atoms with van der Waals surface area (Å²) in [6.07, 6.45) is 6.70. The number of carbonyl (C=O) groups is 2. The number of nitrogens with zero attached hydrogens (tertiary/aromatic N) is 4. The van der Waals surface area contributed by atoms with E-state index in [4.69, 9.17) is 4.74 Å². The molecule has 8 heteroatoms. The molecule has 1 saturated heterocycles. The third kappa shape index (κ3) is 4.68. The zero-order valence-corrected chi connectivity index (χ0v) is 21.6. The fourth-order valence-corrected chi connectivity index (χ4v) is 5.18. The van der Waals surface area contributed by atoms with E-state index in [-0.39, 0.29) is 18.1 Å². The Morgan fingerprint density at radius 2 is 1.92 bits per heavy atom. The molecule has 3 heterocycles. The fourth-order valence-electron chi connectivity index (χ4n) is 5.18. The average Bonchev–Trinajstić information content (AvgIpc) is 3.28. The number of amides is 1. The van der Waals surface area contributed by atoms with Crippen LogP contribution < -0.4 is 0 Å². The van der Waals surface area contributed by atoms with E-state index in [0.29, 0.717) is 25.1 Å². The normalized spacial score (nSPS) is 19.1. The Balaban J connectivity index is 1.58. The second-order valence-electron chi connectivity index (χ2n) is 10.8. The third-order valence-electron chi connectivity index (χ3n) is 7.04. The van der Waals surface area contributed by atoms with Crippen molar-refractivity contribution in [3.05, 3.63) is 82.7 Å². The predicted octanol–water partition coefficient (Wildman–Crippen LogP) is 5.42. The van der Waals surface area contributed by atoms with Crippen LogP contribution in [-0.2, 0) is 17.6 Å². The minimum atomic E-state index is -0.974. The van der Waals surface area contributed by atoms with Gasteiger partial charge in [-0.05, 0) is 93.6 Å². The molecule has 0 spiro atoms. The number of aryl methyl sites for hydroxylation is 1. The van der Waals surface area contributed by atoms with E-state index in [2.05, 4.69) is 10.1 Å². The van der Waals surface area contributed by atoms with Crippen molar-refractivity contribution >= 4 is 18.0 Å². The maximum atomic E-state index is 14.3. The number of carbonyl (C=O) groups excluding carboxylic acids is 2. The number of benzene rings is 1. The molecule has 0 N–H and O–H groups in total. The lowest BCUT2D eigenvalue weighted by atomic mass is 9.65. The molecule has 192 valence electrons. The van der Waals surface area contributed by atoms with Crippen LogP contribution in [0.2, 0.25) is 0 Å². The van der Waals surface area contributed by atoms with Gasteiger partial charge in [-0.25, -0.2) is 13.9 Å². The van der Waals surface area contributed by atoms with Crippen LogP contribution in [0.15, 0.2) is 54.4 Å². The molecule has 0 bridgehead atoms. The van der Waals surface area contributed by atoms with Crippen molar-refractivity contribution in [3.63, 3.8) is 0 Å². The summed E-state index contributed by atoms with van der Waals surface area (Å²) in [4.78, 5) is 33.4. The molecule has 2 aromatic heterocycles. The number of piperidine rings is 1. The van der Waals surface area contributed by atoms with Crippen LogP contribution >= 0.6 is 0 Å². The number of rotatable bonds is 4. The topological polar surface area (TPSA) is 77.3 Å². The second-order valence-corrected chi connectivity index (χ2v) is 10.8. The zero-order valence-electron chi connectivity index (χ0n) is 21.6. The van der Waals surface area contributed by atoms with Crippen LogP contribution in [0.1, 0.15) is 61.4 Å². The molecule has 1 aliphatic carbocycles. The molecule has 1 amide bonds. The number of ketones is 1. The number of fused-ring (bicyclic) bond motifs is 2. The largest absolute Gasteiger partial charge is 0.444 e. The van der Waals surface area contributed by atoms with E-state index in [1.165, 1.54) is 12.1 Å². The Hall–Kier alpha value is -3.81. The van der Waals surface area contributed by atoms with Gasteiger partial charge in [0, 0.05) is 19.3 Å².